The van der Waals surface area contributed by atoms with Gasteiger partial charge in [-0.1, -0.05) is 18.2 Å². The van der Waals surface area contributed by atoms with E-state index in [4.69, 9.17) is 0 Å². The second-order valence-electron chi connectivity index (χ2n) is 4.75. The second-order valence-corrected chi connectivity index (χ2v) is 4.75. The molecule has 0 saturated carbocycles. The molecule has 0 aliphatic carbocycles. The van der Waals surface area contributed by atoms with E-state index in [1.165, 1.54) is 11.1 Å². The minimum absolute atomic E-state index is 0.102. The Kier molecular flexibility index (Phi) is 2.67. The van der Waals surface area contributed by atoms with E-state index >= 15 is 0 Å². The monoisotopic (exact) mass is 250 g/mol. The summed E-state index contributed by atoms with van der Waals surface area (Å²) >= 11 is 0. The van der Waals surface area contributed by atoms with Crippen LogP contribution in [0.2, 0.25) is 0 Å². The molecule has 3 heteroatoms. The van der Waals surface area contributed by atoms with Gasteiger partial charge in [0.25, 0.3) is 5.56 Å². The van der Waals surface area contributed by atoms with Crippen molar-refractivity contribution in [2.24, 2.45) is 0 Å². The molecule has 19 heavy (non-hydrogen) atoms. The lowest BCUT2D eigenvalue weighted by molar-refractivity contribution is 1.23. The normalized spacial score (nSPS) is 10.8. The molecule has 0 bridgehead atoms. The van der Waals surface area contributed by atoms with Crippen LogP contribution < -0.4 is 5.56 Å². The van der Waals surface area contributed by atoms with Crippen LogP contribution in [0.25, 0.3) is 22.2 Å². The number of fused-ring (bicyclic) bond motifs is 1. The first-order chi connectivity index (χ1) is 9.15. The highest BCUT2D eigenvalue weighted by molar-refractivity contribution is 5.80. The summed E-state index contributed by atoms with van der Waals surface area (Å²) in [5.41, 5.74) is 4.55. The van der Waals surface area contributed by atoms with Crippen LogP contribution in [0.5, 0.6) is 0 Å². The highest BCUT2D eigenvalue weighted by Crippen LogP contribution is 2.21. The highest BCUT2D eigenvalue weighted by Gasteiger charge is 2.06. The fraction of sp³-hybridized carbons (Fsp3) is 0.125. The average molecular weight is 250 g/mol. The van der Waals surface area contributed by atoms with E-state index in [0.29, 0.717) is 11.2 Å². The number of hydrogen-bond acceptors (Lipinski definition) is 2. The van der Waals surface area contributed by atoms with Crippen molar-refractivity contribution in [3.8, 4) is 11.1 Å². The smallest absolute Gasteiger partial charge is 0.257 e. The van der Waals surface area contributed by atoms with Crippen LogP contribution in [0.15, 0.2) is 47.4 Å². The fourth-order valence-corrected chi connectivity index (χ4v) is 2.16. The van der Waals surface area contributed by atoms with Crippen molar-refractivity contribution >= 4 is 11.0 Å². The molecule has 0 radical (unpaired) electrons. The minimum atomic E-state index is -0.102. The minimum Gasteiger partial charge on any atom is -0.306 e. The summed E-state index contributed by atoms with van der Waals surface area (Å²) in [5.74, 6) is 0. The van der Waals surface area contributed by atoms with Gasteiger partial charge in [-0.15, -0.1) is 0 Å². The second kappa shape index (κ2) is 4.35. The molecule has 3 aromatic rings. The number of pyridine rings is 2. The Labute approximate surface area is 111 Å². The number of aromatic nitrogens is 2. The summed E-state index contributed by atoms with van der Waals surface area (Å²) in [7, 11) is 0. The van der Waals surface area contributed by atoms with E-state index in [2.05, 4.69) is 23.8 Å². The first-order valence-corrected chi connectivity index (χ1v) is 6.21. The number of aromatic amines is 1. The molecule has 0 atom stereocenters. The van der Waals surface area contributed by atoms with Crippen LogP contribution in [-0.4, -0.2) is 9.97 Å². The number of hydrogen-bond donors (Lipinski definition) is 1. The van der Waals surface area contributed by atoms with Gasteiger partial charge in [0.05, 0.1) is 0 Å². The van der Waals surface area contributed by atoms with Gasteiger partial charge in [0.1, 0.15) is 5.65 Å². The summed E-state index contributed by atoms with van der Waals surface area (Å²) < 4.78 is 0. The van der Waals surface area contributed by atoms with Gasteiger partial charge in [-0.25, -0.2) is 4.98 Å². The van der Waals surface area contributed by atoms with Crippen molar-refractivity contribution < 1.29 is 0 Å². The van der Waals surface area contributed by atoms with Crippen molar-refractivity contribution in [3.63, 3.8) is 0 Å². The van der Waals surface area contributed by atoms with E-state index in [1.807, 2.05) is 36.4 Å². The third-order valence-electron chi connectivity index (χ3n) is 3.43. The van der Waals surface area contributed by atoms with E-state index in [9.17, 15) is 4.79 Å². The molecule has 0 aliphatic rings. The lowest BCUT2D eigenvalue weighted by atomic mass is 10.0. The predicted octanol–water partition coefficient (Wildman–Crippen LogP) is 3.21. The summed E-state index contributed by atoms with van der Waals surface area (Å²) in [6.45, 7) is 4.11. The van der Waals surface area contributed by atoms with Gasteiger partial charge in [0.2, 0.25) is 0 Å². The summed E-state index contributed by atoms with van der Waals surface area (Å²) in [6.07, 6.45) is 1.67. The molecule has 94 valence electrons. The van der Waals surface area contributed by atoms with Crippen molar-refractivity contribution in [1.82, 2.24) is 9.97 Å². The maximum absolute atomic E-state index is 12.1. The molecule has 1 N–H and O–H groups in total. The number of aryl methyl sites for hydroxylation is 2. The molecule has 2 aromatic heterocycles. The molecule has 1 aromatic carbocycles. The van der Waals surface area contributed by atoms with Gasteiger partial charge in [-0.05, 0) is 48.7 Å². The van der Waals surface area contributed by atoms with Crippen LogP contribution in [0, 0.1) is 13.8 Å². The largest absolute Gasteiger partial charge is 0.306 e. The van der Waals surface area contributed by atoms with Crippen molar-refractivity contribution in [2.45, 2.75) is 13.8 Å². The zero-order valence-corrected chi connectivity index (χ0v) is 10.9. The van der Waals surface area contributed by atoms with Crippen LogP contribution in [0.3, 0.4) is 0 Å². The van der Waals surface area contributed by atoms with Gasteiger partial charge in [-0.2, -0.15) is 0 Å². The van der Waals surface area contributed by atoms with E-state index < -0.39 is 0 Å². The molecule has 0 amide bonds. The molecule has 3 rings (SSSR count). The third-order valence-corrected chi connectivity index (χ3v) is 3.43. The zero-order valence-electron chi connectivity index (χ0n) is 10.9. The van der Waals surface area contributed by atoms with Crippen molar-refractivity contribution in [3.05, 3.63) is 64.1 Å². The molecule has 3 nitrogen and oxygen atoms in total. The topological polar surface area (TPSA) is 45.8 Å². The van der Waals surface area contributed by atoms with Gasteiger partial charge in [0.15, 0.2) is 0 Å². The van der Waals surface area contributed by atoms with Gasteiger partial charge >= 0.3 is 0 Å². The standard InChI is InChI=1S/C16H14N2O/c1-10-5-6-12(8-11(10)2)14-9-13-4-3-7-17-15(13)18-16(14)19/h3-9H,1-2H3,(H,17,18,19). The van der Waals surface area contributed by atoms with Crippen LogP contribution in [-0.2, 0) is 0 Å². The number of benzene rings is 1. The van der Waals surface area contributed by atoms with Crippen molar-refractivity contribution in [1.29, 1.82) is 0 Å². The van der Waals surface area contributed by atoms with E-state index in [0.717, 1.165) is 10.9 Å². The van der Waals surface area contributed by atoms with Gasteiger partial charge in [0, 0.05) is 17.1 Å². The molecule has 0 saturated heterocycles. The average Bonchev–Trinajstić information content (AvgIpc) is 2.41. The molecule has 0 unspecified atom stereocenters. The van der Waals surface area contributed by atoms with E-state index in [1.54, 1.807) is 6.20 Å². The number of H-pyrrole nitrogens is 1. The molecule has 0 fully saturated rings. The van der Waals surface area contributed by atoms with Gasteiger partial charge in [-0.3, -0.25) is 4.79 Å². The lowest BCUT2D eigenvalue weighted by Gasteiger charge is -2.06. The number of rotatable bonds is 1. The maximum Gasteiger partial charge on any atom is 0.257 e. The Balaban J connectivity index is 2.27. The summed E-state index contributed by atoms with van der Waals surface area (Å²) in [4.78, 5) is 19.1. The Hall–Kier alpha value is -2.42. The summed E-state index contributed by atoms with van der Waals surface area (Å²) in [5, 5.41) is 0.940. The number of nitrogens with one attached hydrogen (secondary N) is 1. The van der Waals surface area contributed by atoms with Crippen LogP contribution in [0.1, 0.15) is 11.1 Å². The Morgan fingerprint density at radius 3 is 2.68 bits per heavy atom. The Morgan fingerprint density at radius 2 is 1.89 bits per heavy atom. The van der Waals surface area contributed by atoms with E-state index in [-0.39, 0.29) is 5.56 Å². The molecular weight excluding hydrogens is 236 g/mol. The number of nitrogens with zero attached hydrogens (tertiary/aromatic N) is 1. The third kappa shape index (κ3) is 2.03. The fourth-order valence-electron chi connectivity index (χ4n) is 2.16. The van der Waals surface area contributed by atoms with Gasteiger partial charge < -0.3 is 4.98 Å². The van der Waals surface area contributed by atoms with Crippen LogP contribution in [0.4, 0.5) is 0 Å². The molecule has 2 heterocycles. The zero-order chi connectivity index (χ0) is 13.4. The molecule has 0 spiro atoms. The SMILES string of the molecule is Cc1ccc(-c2cc3cccnc3[nH]c2=O)cc1C. The maximum atomic E-state index is 12.1. The Morgan fingerprint density at radius 1 is 1.05 bits per heavy atom. The molecule has 0 aliphatic heterocycles. The lowest BCUT2D eigenvalue weighted by Crippen LogP contribution is -2.09. The summed E-state index contributed by atoms with van der Waals surface area (Å²) in [6, 6.07) is 11.8. The highest BCUT2D eigenvalue weighted by atomic mass is 16.1. The quantitative estimate of drug-likeness (QED) is 0.720. The predicted molar refractivity (Wildman–Crippen MR) is 77.3 cm³/mol. The molecular formula is C16H14N2O. The van der Waals surface area contributed by atoms with Crippen molar-refractivity contribution in [2.75, 3.05) is 0 Å². The Bertz CT molecular complexity index is 818. The van der Waals surface area contributed by atoms with Crippen LogP contribution >= 0.6 is 0 Å². The first-order valence-electron chi connectivity index (χ1n) is 6.21. The first kappa shape index (κ1) is 11.7.